The molecule has 0 atom stereocenters. The second-order valence-electron chi connectivity index (χ2n) is 6.58. The number of carbonyl (C=O) groups is 1. The summed E-state index contributed by atoms with van der Waals surface area (Å²) in [5, 5.41) is 2.96. The molecule has 1 amide bonds. The summed E-state index contributed by atoms with van der Waals surface area (Å²) in [6.45, 7) is 0.502. The number of anilines is 1. The molecule has 0 aliphatic carbocycles. The van der Waals surface area contributed by atoms with Crippen LogP contribution in [0.1, 0.15) is 5.56 Å². The Morgan fingerprint density at radius 2 is 1.69 bits per heavy atom. The Morgan fingerprint density at radius 3 is 2.38 bits per heavy atom. The van der Waals surface area contributed by atoms with Gasteiger partial charge in [-0.15, -0.1) is 0 Å². The Balaban J connectivity index is 1.49. The molecule has 0 fully saturated rings. The van der Waals surface area contributed by atoms with Gasteiger partial charge in [-0.3, -0.25) is 9.52 Å². The summed E-state index contributed by atoms with van der Waals surface area (Å²) in [4.78, 5) is 12.0. The van der Waals surface area contributed by atoms with Crippen LogP contribution in [0.15, 0.2) is 83.8 Å². The minimum Gasteiger partial charge on any atom is -0.492 e. The number of hydrogen-bond acceptors (Lipinski definition) is 4. The predicted octanol–water partition coefficient (Wildman–Crippen LogP) is 4.49. The fourth-order valence-electron chi connectivity index (χ4n) is 2.61. The minimum absolute atomic E-state index is 0.0666. The average molecular weight is 475 g/mol. The molecular weight excluding hydrogens is 455 g/mol. The van der Waals surface area contributed by atoms with Crippen molar-refractivity contribution < 1.29 is 22.3 Å². The van der Waals surface area contributed by atoms with Crippen LogP contribution >= 0.6 is 11.6 Å². The number of sulfonamides is 1. The Morgan fingerprint density at radius 1 is 1.00 bits per heavy atom. The molecule has 0 bridgehead atoms. The Hall–Kier alpha value is -3.36. The number of para-hydroxylation sites is 1. The molecule has 0 heterocycles. The van der Waals surface area contributed by atoms with E-state index in [0.717, 1.165) is 0 Å². The van der Waals surface area contributed by atoms with Crippen molar-refractivity contribution in [2.24, 2.45) is 0 Å². The van der Waals surface area contributed by atoms with Crippen molar-refractivity contribution in [3.8, 4) is 5.75 Å². The van der Waals surface area contributed by atoms with Crippen LogP contribution in [-0.2, 0) is 14.8 Å². The monoisotopic (exact) mass is 474 g/mol. The molecule has 166 valence electrons. The van der Waals surface area contributed by atoms with Crippen LogP contribution in [0.5, 0.6) is 5.75 Å². The van der Waals surface area contributed by atoms with Crippen molar-refractivity contribution >= 4 is 39.3 Å². The lowest BCUT2D eigenvalue weighted by Gasteiger charge is -2.09. The van der Waals surface area contributed by atoms with E-state index in [9.17, 15) is 17.6 Å². The second-order valence-corrected chi connectivity index (χ2v) is 8.67. The highest BCUT2D eigenvalue weighted by atomic mass is 35.5. The van der Waals surface area contributed by atoms with Crippen molar-refractivity contribution in [3.05, 3.63) is 95.3 Å². The third-order valence-corrected chi connectivity index (χ3v) is 5.93. The predicted molar refractivity (Wildman–Crippen MR) is 123 cm³/mol. The molecule has 2 N–H and O–H groups in total. The molecule has 9 heteroatoms. The molecule has 0 aliphatic rings. The number of hydrogen-bond donors (Lipinski definition) is 2. The second kappa shape index (κ2) is 10.8. The maximum Gasteiger partial charge on any atom is 0.261 e. The number of halogens is 2. The first kappa shape index (κ1) is 23.3. The standard InChI is InChI=1S/C23H20ClFN2O4S/c24-21-3-1-2-4-22(21)27-32(29,30)20-12-5-17(6-13-20)7-14-23(28)26-15-16-31-19-10-8-18(25)9-11-19/h1-14,27H,15-16H2,(H,26,28). The van der Waals surface area contributed by atoms with Crippen LogP contribution in [0.4, 0.5) is 10.1 Å². The van der Waals surface area contributed by atoms with Gasteiger partial charge in [0.2, 0.25) is 5.91 Å². The van der Waals surface area contributed by atoms with Gasteiger partial charge >= 0.3 is 0 Å². The molecule has 6 nitrogen and oxygen atoms in total. The van der Waals surface area contributed by atoms with E-state index in [4.69, 9.17) is 16.3 Å². The summed E-state index contributed by atoms with van der Waals surface area (Å²) in [6, 6.07) is 18.2. The average Bonchev–Trinajstić information content (AvgIpc) is 2.78. The van der Waals surface area contributed by atoms with Crippen LogP contribution in [0.25, 0.3) is 6.08 Å². The molecule has 32 heavy (non-hydrogen) atoms. The summed E-state index contributed by atoms with van der Waals surface area (Å²) in [6.07, 6.45) is 2.90. The maximum absolute atomic E-state index is 12.8. The van der Waals surface area contributed by atoms with E-state index in [2.05, 4.69) is 10.0 Å². The summed E-state index contributed by atoms with van der Waals surface area (Å²) in [7, 11) is -3.80. The number of ether oxygens (including phenoxy) is 1. The molecule has 0 saturated heterocycles. The lowest BCUT2D eigenvalue weighted by Crippen LogP contribution is -2.26. The van der Waals surface area contributed by atoms with Crippen LogP contribution in [0, 0.1) is 5.82 Å². The number of carbonyl (C=O) groups excluding carboxylic acids is 1. The van der Waals surface area contributed by atoms with Gasteiger partial charge in [0.1, 0.15) is 18.2 Å². The lowest BCUT2D eigenvalue weighted by molar-refractivity contribution is -0.116. The lowest BCUT2D eigenvalue weighted by atomic mass is 10.2. The van der Waals surface area contributed by atoms with E-state index in [-0.39, 0.29) is 29.8 Å². The first-order valence-corrected chi connectivity index (χ1v) is 11.4. The van der Waals surface area contributed by atoms with E-state index in [1.807, 2.05) is 0 Å². The van der Waals surface area contributed by atoms with Gasteiger partial charge in [0, 0.05) is 6.08 Å². The zero-order valence-electron chi connectivity index (χ0n) is 16.8. The number of rotatable bonds is 9. The maximum atomic E-state index is 12.8. The topological polar surface area (TPSA) is 84.5 Å². The molecule has 3 rings (SSSR count). The molecule has 0 saturated carbocycles. The molecular formula is C23H20ClFN2O4S. The van der Waals surface area contributed by atoms with Crippen molar-refractivity contribution in [2.45, 2.75) is 4.90 Å². The molecule has 0 radical (unpaired) electrons. The Kier molecular flexibility index (Phi) is 7.86. The smallest absolute Gasteiger partial charge is 0.261 e. The van der Waals surface area contributed by atoms with E-state index >= 15 is 0 Å². The SMILES string of the molecule is O=C(C=Cc1ccc(S(=O)(=O)Nc2ccccc2Cl)cc1)NCCOc1ccc(F)cc1. The fourth-order valence-corrected chi connectivity index (χ4v) is 3.93. The minimum atomic E-state index is -3.80. The summed E-state index contributed by atoms with van der Waals surface area (Å²) in [5.41, 5.74) is 0.942. The van der Waals surface area contributed by atoms with Gasteiger partial charge < -0.3 is 10.1 Å². The van der Waals surface area contributed by atoms with Gasteiger partial charge in [-0.2, -0.15) is 0 Å². The highest BCUT2D eigenvalue weighted by Crippen LogP contribution is 2.24. The van der Waals surface area contributed by atoms with Crippen molar-refractivity contribution in [3.63, 3.8) is 0 Å². The first-order chi connectivity index (χ1) is 15.3. The quantitative estimate of drug-likeness (QED) is 0.353. The first-order valence-electron chi connectivity index (χ1n) is 9.55. The van der Waals surface area contributed by atoms with Gasteiger partial charge in [0.25, 0.3) is 10.0 Å². The highest BCUT2D eigenvalue weighted by molar-refractivity contribution is 7.92. The van der Waals surface area contributed by atoms with Gasteiger partial charge in [0.15, 0.2) is 0 Å². The van der Waals surface area contributed by atoms with Crippen molar-refractivity contribution in [2.75, 3.05) is 17.9 Å². The van der Waals surface area contributed by atoms with Gasteiger partial charge in [-0.1, -0.05) is 35.9 Å². The highest BCUT2D eigenvalue weighted by Gasteiger charge is 2.15. The third kappa shape index (κ3) is 6.83. The molecule has 0 spiro atoms. The van der Waals surface area contributed by atoms with Crippen LogP contribution in [-0.4, -0.2) is 27.5 Å². The van der Waals surface area contributed by atoms with E-state index in [0.29, 0.717) is 22.0 Å². The van der Waals surface area contributed by atoms with Crippen LogP contribution in [0.2, 0.25) is 5.02 Å². The van der Waals surface area contributed by atoms with Crippen molar-refractivity contribution in [1.29, 1.82) is 0 Å². The van der Waals surface area contributed by atoms with E-state index < -0.39 is 10.0 Å². The molecule has 0 unspecified atom stereocenters. The Bertz CT molecular complexity index is 1200. The third-order valence-electron chi connectivity index (χ3n) is 4.22. The summed E-state index contributed by atoms with van der Waals surface area (Å²) >= 11 is 6.00. The molecule has 0 aromatic heterocycles. The zero-order chi connectivity index (χ0) is 23.0. The fraction of sp³-hybridized carbons (Fsp3) is 0.0870. The summed E-state index contributed by atoms with van der Waals surface area (Å²) < 4.78 is 45.7. The molecule has 0 aliphatic heterocycles. The number of benzene rings is 3. The molecule has 3 aromatic carbocycles. The van der Waals surface area contributed by atoms with Gasteiger partial charge in [0.05, 0.1) is 22.2 Å². The van der Waals surface area contributed by atoms with E-state index in [1.165, 1.54) is 42.5 Å². The van der Waals surface area contributed by atoms with Gasteiger partial charge in [-0.05, 0) is 60.2 Å². The van der Waals surface area contributed by atoms with Gasteiger partial charge in [-0.25, -0.2) is 12.8 Å². The number of nitrogens with one attached hydrogen (secondary N) is 2. The largest absolute Gasteiger partial charge is 0.492 e. The Labute approximate surface area is 190 Å². The van der Waals surface area contributed by atoms with Crippen LogP contribution < -0.4 is 14.8 Å². The zero-order valence-corrected chi connectivity index (χ0v) is 18.4. The van der Waals surface area contributed by atoms with E-state index in [1.54, 1.807) is 42.5 Å². The molecule has 3 aromatic rings. The van der Waals surface area contributed by atoms with Crippen molar-refractivity contribution in [1.82, 2.24) is 5.32 Å². The normalized spacial score (nSPS) is 11.3. The number of amides is 1. The van der Waals surface area contributed by atoms with Crippen LogP contribution in [0.3, 0.4) is 0 Å². The summed E-state index contributed by atoms with van der Waals surface area (Å²) in [5.74, 6) is -0.168.